The quantitative estimate of drug-likeness (QED) is 0.771. The number of hydrogen-bond acceptors (Lipinski definition) is 3. The SMILES string of the molecule is CCC(OC(=O)CCC1CCCC1)C(=O)Nc1ccc(F)cc1. The van der Waals surface area contributed by atoms with Crippen LogP contribution in [0.5, 0.6) is 0 Å². The predicted octanol–water partition coefficient (Wildman–Crippen LogP) is 4.06. The maximum absolute atomic E-state index is 12.9. The fraction of sp³-hybridized carbons (Fsp3) is 0.556. The van der Waals surface area contributed by atoms with Crippen molar-refractivity contribution in [2.75, 3.05) is 5.32 Å². The number of nitrogens with one attached hydrogen (secondary N) is 1. The van der Waals surface area contributed by atoms with Crippen molar-refractivity contribution in [3.8, 4) is 0 Å². The first-order valence-corrected chi connectivity index (χ1v) is 8.34. The first-order valence-electron chi connectivity index (χ1n) is 8.34. The van der Waals surface area contributed by atoms with Gasteiger partial charge in [0.2, 0.25) is 0 Å². The van der Waals surface area contributed by atoms with E-state index in [4.69, 9.17) is 4.74 Å². The van der Waals surface area contributed by atoms with Gasteiger partial charge in [0, 0.05) is 12.1 Å². The van der Waals surface area contributed by atoms with Crippen LogP contribution in [0.1, 0.15) is 51.9 Å². The van der Waals surface area contributed by atoms with Gasteiger partial charge in [-0.1, -0.05) is 32.6 Å². The van der Waals surface area contributed by atoms with Gasteiger partial charge >= 0.3 is 5.97 Å². The molecule has 0 aromatic heterocycles. The van der Waals surface area contributed by atoms with Crippen LogP contribution in [0.4, 0.5) is 10.1 Å². The summed E-state index contributed by atoms with van der Waals surface area (Å²) >= 11 is 0. The number of anilines is 1. The van der Waals surface area contributed by atoms with Gasteiger partial charge in [0.15, 0.2) is 6.10 Å². The first kappa shape index (κ1) is 17.4. The molecular weight excluding hydrogens is 297 g/mol. The van der Waals surface area contributed by atoms with Gasteiger partial charge in [0.25, 0.3) is 5.91 Å². The smallest absolute Gasteiger partial charge is 0.306 e. The average Bonchev–Trinajstić information content (AvgIpc) is 3.06. The van der Waals surface area contributed by atoms with E-state index in [0.717, 1.165) is 6.42 Å². The van der Waals surface area contributed by atoms with Gasteiger partial charge in [-0.3, -0.25) is 9.59 Å². The Morgan fingerprint density at radius 2 is 1.91 bits per heavy atom. The summed E-state index contributed by atoms with van der Waals surface area (Å²) in [5.74, 6) is -0.449. The number of ether oxygens (including phenoxy) is 1. The molecule has 1 aromatic carbocycles. The molecule has 1 N–H and O–H groups in total. The van der Waals surface area contributed by atoms with Crippen molar-refractivity contribution in [2.45, 2.75) is 58.0 Å². The van der Waals surface area contributed by atoms with Crippen LogP contribution in [0.25, 0.3) is 0 Å². The van der Waals surface area contributed by atoms with E-state index in [1.165, 1.54) is 49.9 Å². The van der Waals surface area contributed by atoms with Gasteiger partial charge in [-0.15, -0.1) is 0 Å². The highest BCUT2D eigenvalue weighted by atomic mass is 19.1. The normalized spacial score (nSPS) is 16.1. The van der Waals surface area contributed by atoms with E-state index in [2.05, 4.69) is 5.32 Å². The van der Waals surface area contributed by atoms with Crippen molar-refractivity contribution in [3.05, 3.63) is 30.1 Å². The summed E-state index contributed by atoms with van der Waals surface area (Å²) in [4.78, 5) is 24.1. The zero-order valence-electron chi connectivity index (χ0n) is 13.5. The molecule has 0 bridgehead atoms. The maximum atomic E-state index is 12.9. The molecule has 5 heteroatoms. The van der Waals surface area contributed by atoms with E-state index in [1.807, 2.05) is 0 Å². The molecule has 1 unspecified atom stereocenters. The molecule has 4 nitrogen and oxygen atoms in total. The number of carbonyl (C=O) groups is 2. The molecule has 2 rings (SSSR count). The molecule has 126 valence electrons. The van der Waals surface area contributed by atoms with Gasteiger partial charge in [0.1, 0.15) is 5.82 Å². The highest BCUT2D eigenvalue weighted by Crippen LogP contribution is 2.28. The van der Waals surface area contributed by atoms with Gasteiger partial charge in [-0.2, -0.15) is 0 Å². The molecule has 1 aliphatic carbocycles. The molecule has 0 saturated heterocycles. The van der Waals surface area contributed by atoms with Crippen molar-refractivity contribution in [3.63, 3.8) is 0 Å². The van der Waals surface area contributed by atoms with Crippen molar-refractivity contribution in [2.24, 2.45) is 5.92 Å². The Morgan fingerprint density at radius 3 is 2.52 bits per heavy atom. The third kappa shape index (κ3) is 5.66. The predicted molar refractivity (Wildman–Crippen MR) is 86.4 cm³/mol. The van der Waals surface area contributed by atoms with Crippen LogP contribution in [-0.4, -0.2) is 18.0 Å². The Morgan fingerprint density at radius 1 is 1.26 bits per heavy atom. The Hall–Kier alpha value is -1.91. The summed E-state index contributed by atoms with van der Waals surface area (Å²) in [5.41, 5.74) is 0.483. The number of halogens is 1. The molecule has 0 spiro atoms. The van der Waals surface area contributed by atoms with Crippen molar-refractivity contribution in [1.29, 1.82) is 0 Å². The lowest BCUT2D eigenvalue weighted by Crippen LogP contribution is -2.32. The monoisotopic (exact) mass is 321 g/mol. The minimum atomic E-state index is -0.809. The molecule has 1 aromatic rings. The average molecular weight is 321 g/mol. The number of hydrogen-bond donors (Lipinski definition) is 1. The highest BCUT2D eigenvalue weighted by molar-refractivity contribution is 5.95. The summed E-state index contributed by atoms with van der Waals surface area (Å²) in [6.45, 7) is 1.79. The van der Waals surface area contributed by atoms with Crippen molar-refractivity contribution in [1.82, 2.24) is 0 Å². The van der Waals surface area contributed by atoms with E-state index in [9.17, 15) is 14.0 Å². The van der Waals surface area contributed by atoms with Gasteiger partial charge in [-0.05, 0) is 43.0 Å². The van der Waals surface area contributed by atoms with E-state index in [0.29, 0.717) is 24.4 Å². The van der Waals surface area contributed by atoms with E-state index in [1.54, 1.807) is 6.92 Å². The highest BCUT2D eigenvalue weighted by Gasteiger charge is 2.22. The molecular formula is C18H24FNO3. The zero-order valence-corrected chi connectivity index (χ0v) is 13.5. The summed E-state index contributed by atoms with van der Waals surface area (Å²) in [7, 11) is 0. The molecule has 1 atom stereocenters. The van der Waals surface area contributed by atoms with Crippen LogP contribution < -0.4 is 5.32 Å². The first-order chi connectivity index (χ1) is 11.1. The second-order valence-corrected chi connectivity index (χ2v) is 6.07. The fourth-order valence-electron chi connectivity index (χ4n) is 2.92. The molecule has 1 saturated carbocycles. The summed E-state index contributed by atoms with van der Waals surface area (Å²) < 4.78 is 18.1. The third-order valence-corrected chi connectivity index (χ3v) is 4.28. The number of carbonyl (C=O) groups excluding carboxylic acids is 2. The molecule has 0 heterocycles. The largest absolute Gasteiger partial charge is 0.452 e. The lowest BCUT2D eigenvalue weighted by Gasteiger charge is -2.17. The third-order valence-electron chi connectivity index (χ3n) is 4.28. The van der Waals surface area contributed by atoms with Gasteiger partial charge in [-0.25, -0.2) is 4.39 Å². The van der Waals surface area contributed by atoms with Gasteiger partial charge in [0.05, 0.1) is 0 Å². The molecule has 0 radical (unpaired) electrons. The summed E-state index contributed by atoms with van der Waals surface area (Å²) in [6, 6.07) is 5.48. The standard InChI is InChI=1S/C18H24FNO3/c1-2-16(18(22)20-15-10-8-14(19)9-11-15)23-17(21)12-7-13-5-3-4-6-13/h8-11,13,16H,2-7,12H2,1H3,(H,20,22). The summed E-state index contributed by atoms with van der Waals surface area (Å²) in [6.07, 6.45) is 5.68. The van der Waals surface area contributed by atoms with Crippen LogP contribution in [0, 0.1) is 11.7 Å². The van der Waals surface area contributed by atoms with E-state index >= 15 is 0 Å². The fourth-order valence-corrected chi connectivity index (χ4v) is 2.92. The second-order valence-electron chi connectivity index (χ2n) is 6.07. The number of rotatable bonds is 7. The maximum Gasteiger partial charge on any atom is 0.306 e. The van der Waals surface area contributed by atoms with Crippen LogP contribution in [0.3, 0.4) is 0 Å². The molecule has 1 fully saturated rings. The Kier molecular flexibility index (Phi) is 6.56. The number of benzene rings is 1. The minimum Gasteiger partial charge on any atom is -0.452 e. The Bertz CT molecular complexity index is 524. The molecule has 1 amide bonds. The second kappa shape index (κ2) is 8.65. The molecule has 1 aliphatic rings. The lowest BCUT2D eigenvalue weighted by molar-refractivity contribution is -0.154. The van der Waals surface area contributed by atoms with Gasteiger partial charge < -0.3 is 10.1 Å². The molecule has 0 aliphatic heterocycles. The van der Waals surface area contributed by atoms with Crippen molar-refractivity contribution >= 4 is 17.6 Å². The minimum absolute atomic E-state index is 0.321. The summed E-state index contributed by atoms with van der Waals surface area (Å²) in [5, 5.41) is 2.64. The zero-order chi connectivity index (χ0) is 16.7. The Balaban J connectivity index is 1.79. The number of amides is 1. The van der Waals surface area contributed by atoms with Crippen LogP contribution in [0.2, 0.25) is 0 Å². The van der Waals surface area contributed by atoms with Crippen LogP contribution in [-0.2, 0) is 14.3 Å². The van der Waals surface area contributed by atoms with E-state index < -0.39 is 6.10 Å². The topological polar surface area (TPSA) is 55.4 Å². The van der Waals surface area contributed by atoms with Crippen molar-refractivity contribution < 1.29 is 18.7 Å². The van der Waals surface area contributed by atoms with Crippen LogP contribution in [0.15, 0.2) is 24.3 Å². The lowest BCUT2D eigenvalue weighted by atomic mass is 10.0. The Labute approximate surface area is 136 Å². The van der Waals surface area contributed by atoms with Crippen LogP contribution >= 0.6 is 0 Å². The number of esters is 1. The van der Waals surface area contributed by atoms with E-state index in [-0.39, 0.29) is 17.7 Å². The molecule has 23 heavy (non-hydrogen) atoms.